The number of hydrogen-bond acceptors (Lipinski definition) is 4. The highest BCUT2D eigenvalue weighted by Gasteiger charge is 2.18. The van der Waals surface area contributed by atoms with Crippen LogP contribution in [0.5, 0.6) is 5.75 Å². The molecule has 1 N–H and O–H groups in total. The average molecular weight is 326 g/mol. The van der Waals surface area contributed by atoms with E-state index in [0.717, 1.165) is 28.4 Å². The molecular weight excluding hydrogens is 315 g/mol. The number of aromatic hydroxyl groups is 1. The Bertz CT molecular complexity index is 1040. The summed E-state index contributed by atoms with van der Waals surface area (Å²) in [7, 11) is 0. The van der Waals surface area contributed by atoms with Crippen LogP contribution in [0.2, 0.25) is 0 Å². The quantitative estimate of drug-likeness (QED) is 0.699. The summed E-state index contributed by atoms with van der Waals surface area (Å²) in [6.45, 7) is 0. The van der Waals surface area contributed by atoms with E-state index in [1.807, 2.05) is 0 Å². The lowest BCUT2D eigenvalue weighted by atomic mass is 10.3. The van der Waals surface area contributed by atoms with E-state index in [9.17, 15) is 14.3 Å². The maximum atomic E-state index is 14.0. The highest BCUT2D eigenvalue weighted by atomic mass is 32.1. The van der Waals surface area contributed by atoms with Gasteiger partial charge in [-0.1, -0.05) is 11.8 Å². The molecule has 4 rings (SSSR count). The Morgan fingerprint density at radius 2 is 2.17 bits per heavy atom. The first-order valence-electron chi connectivity index (χ1n) is 7.13. The van der Waals surface area contributed by atoms with Gasteiger partial charge in [-0.25, -0.2) is 9.37 Å². The fourth-order valence-corrected chi connectivity index (χ4v) is 3.14. The topological polar surface area (TPSA) is 55.1 Å². The van der Waals surface area contributed by atoms with Crippen LogP contribution in [0.3, 0.4) is 0 Å². The summed E-state index contributed by atoms with van der Waals surface area (Å²) in [6.07, 6.45) is 3.58. The smallest absolute Gasteiger partial charge is 0.275 e. The highest BCUT2D eigenvalue weighted by Crippen LogP contribution is 2.28. The van der Waals surface area contributed by atoms with Crippen LogP contribution >= 0.6 is 11.3 Å². The monoisotopic (exact) mass is 326 g/mol. The van der Waals surface area contributed by atoms with Gasteiger partial charge in [-0.15, -0.1) is 11.3 Å². The Morgan fingerprint density at radius 1 is 1.35 bits per heavy atom. The molecule has 0 unspecified atom stereocenters. The van der Waals surface area contributed by atoms with Crippen molar-refractivity contribution in [2.24, 2.45) is 5.92 Å². The molecule has 1 fully saturated rings. The Kier molecular flexibility index (Phi) is 3.17. The van der Waals surface area contributed by atoms with Crippen molar-refractivity contribution >= 4 is 21.6 Å². The van der Waals surface area contributed by atoms with Crippen LogP contribution in [0.15, 0.2) is 35.4 Å². The van der Waals surface area contributed by atoms with E-state index in [1.54, 1.807) is 6.07 Å². The fourth-order valence-electron chi connectivity index (χ4n) is 2.24. The number of aromatic nitrogens is 2. The number of benzene rings is 1. The lowest BCUT2D eigenvalue weighted by Gasteiger charge is -2.06. The minimum atomic E-state index is -0.682. The van der Waals surface area contributed by atoms with Crippen LogP contribution in [0, 0.1) is 23.6 Å². The molecule has 0 radical (unpaired) electrons. The van der Waals surface area contributed by atoms with E-state index in [2.05, 4.69) is 16.8 Å². The summed E-state index contributed by atoms with van der Waals surface area (Å²) in [4.78, 5) is 17.6. The second-order valence-electron chi connectivity index (χ2n) is 5.42. The molecule has 0 spiro atoms. The molecule has 0 bridgehead atoms. The molecule has 0 amide bonds. The summed E-state index contributed by atoms with van der Waals surface area (Å²) in [5.74, 6) is 5.83. The van der Waals surface area contributed by atoms with Crippen molar-refractivity contribution in [3.05, 3.63) is 51.6 Å². The molecule has 1 aliphatic rings. The summed E-state index contributed by atoms with van der Waals surface area (Å²) in [6, 6.07) is 5.43. The van der Waals surface area contributed by atoms with E-state index >= 15 is 0 Å². The normalized spacial score (nSPS) is 13.8. The van der Waals surface area contributed by atoms with Crippen LogP contribution in [-0.2, 0) is 0 Å². The third-order valence-electron chi connectivity index (χ3n) is 3.61. The van der Waals surface area contributed by atoms with Gasteiger partial charge in [0.25, 0.3) is 5.56 Å². The molecule has 4 nitrogen and oxygen atoms in total. The number of thiophene rings is 1. The van der Waals surface area contributed by atoms with E-state index in [4.69, 9.17) is 0 Å². The molecule has 1 saturated carbocycles. The Hall–Kier alpha value is -2.65. The number of fused-ring (bicyclic) bond motifs is 1. The van der Waals surface area contributed by atoms with Crippen molar-refractivity contribution in [3.63, 3.8) is 0 Å². The Morgan fingerprint density at radius 3 is 2.91 bits per heavy atom. The Labute approximate surface area is 134 Å². The van der Waals surface area contributed by atoms with Crippen LogP contribution < -0.4 is 5.56 Å². The van der Waals surface area contributed by atoms with Gasteiger partial charge in [0.05, 0.1) is 16.1 Å². The Balaban J connectivity index is 1.84. The maximum Gasteiger partial charge on any atom is 0.275 e. The summed E-state index contributed by atoms with van der Waals surface area (Å²) in [5, 5.41) is 9.28. The number of hydrogen-bond donors (Lipinski definition) is 1. The third kappa shape index (κ3) is 2.60. The second-order valence-corrected chi connectivity index (χ2v) is 6.48. The van der Waals surface area contributed by atoms with Crippen molar-refractivity contribution in [2.75, 3.05) is 0 Å². The largest absolute Gasteiger partial charge is 0.508 e. The lowest BCUT2D eigenvalue weighted by molar-refractivity contribution is 0.468. The minimum Gasteiger partial charge on any atom is -0.508 e. The standard InChI is InChI=1S/C17H11FN2O2S/c18-13-7-11(21)4-6-15(13)20-9-19-14-8-12(5-3-10-1-2-10)23-16(14)17(20)22/h4,6-10,21H,1-2H2. The SMILES string of the molecule is O=c1c2sc(C#CC3CC3)cc2ncn1-c1ccc(O)cc1F. The molecule has 3 aromatic rings. The van der Waals surface area contributed by atoms with Gasteiger partial charge < -0.3 is 5.11 Å². The summed E-state index contributed by atoms with van der Waals surface area (Å²) < 4.78 is 15.6. The summed E-state index contributed by atoms with van der Waals surface area (Å²) >= 11 is 1.27. The van der Waals surface area contributed by atoms with E-state index in [1.165, 1.54) is 29.8 Å². The molecule has 0 atom stereocenters. The zero-order valence-corrected chi connectivity index (χ0v) is 12.7. The van der Waals surface area contributed by atoms with Gasteiger partial charge in [-0.05, 0) is 31.0 Å². The zero-order valence-electron chi connectivity index (χ0n) is 11.9. The van der Waals surface area contributed by atoms with Gasteiger partial charge in [-0.3, -0.25) is 9.36 Å². The highest BCUT2D eigenvalue weighted by molar-refractivity contribution is 7.19. The van der Waals surface area contributed by atoms with Gasteiger partial charge in [0.15, 0.2) is 5.82 Å². The molecule has 23 heavy (non-hydrogen) atoms. The fraction of sp³-hybridized carbons (Fsp3) is 0.176. The van der Waals surface area contributed by atoms with Crippen molar-refractivity contribution < 1.29 is 9.50 Å². The number of rotatable bonds is 1. The van der Waals surface area contributed by atoms with E-state index in [0.29, 0.717) is 16.1 Å². The first-order valence-corrected chi connectivity index (χ1v) is 7.95. The van der Waals surface area contributed by atoms with Crippen LogP contribution in [-0.4, -0.2) is 14.7 Å². The molecule has 1 aliphatic carbocycles. The first-order chi connectivity index (χ1) is 11.1. The molecule has 1 aromatic carbocycles. The minimum absolute atomic E-state index is 0.0567. The van der Waals surface area contributed by atoms with Crippen molar-refractivity contribution in [3.8, 4) is 23.3 Å². The van der Waals surface area contributed by atoms with Gasteiger partial charge in [0.1, 0.15) is 16.8 Å². The van der Waals surface area contributed by atoms with Crippen molar-refractivity contribution in [1.82, 2.24) is 9.55 Å². The molecule has 0 aliphatic heterocycles. The maximum absolute atomic E-state index is 14.0. The van der Waals surface area contributed by atoms with Gasteiger partial charge in [0, 0.05) is 12.0 Å². The van der Waals surface area contributed by atoms with Crippen LogP contribution in [0.25, 0.3) is 15.9 Å². The van der Waals surface area contributed by atoms with Gasteiger partial charge in [-0.2, -0.15) is 0 Å². The molecule has 0 saturated heterocycles. The molecule has 2 aromatic heterocycles. The molecule has 6 heteroatoms. The lowest BCUT2D eigenvalue weighted by Crippen LogP contribution is -2.18. The number of phenolic OH excluding ortho intramolecular Hbond substituents is 1. The summed E-state index contributed by atoms with van der Waals surface area (Å²) in [5.41, 5.74) is 0.279. The number of halogens is 1. The van der Waals surface area contributed by atoms with Gasteiger partial charge >= 0.3 is 0 Å². The van der Waals surface area contributed by atoms with Gasteiger partial charge in [0.2, 0.25) is 0 Å². The predicted molar refractivity (Wildman–Crippen MR) is 86.4 cm³/mol. The third-order valence-corrected chi connectivity index (χ3v) is 4.63. The predicted octanol–water partition coefficient (Wildman–Crippen LogP) is 3.05. The second kappa shape index (κ2) is 5.21. The molecule has 2 heterocycles. The number of phenols is 1. The molecule has 114 valence electrons. The van der Waals surface area contributed by atoms with Crippen molar-refractivity contribution in [1.29, 1.82) is 0 Å². The van der Waals surface area contributed by atoms with Crippen LogP contribution in [0.4, 0.5) is 4.39 Å². The average Bonchev–Trinajstić information content (AvgIpc) is 3.25. The zero-order chi connectivity index (χ0) is 16.0. The molecular formula is C17H11FN2O2S. The first kappa shape index (κ1) is 14.0. The van der Waals surface area contributed by atoms with E-state index < -0.39 is 5.82 Å². The van der Waals surface area contributed by atoms with Crippen LogP contribution in [0.1, 0.15) is 17.7 Å². The van der Waals surface area contributed by atoms with Crippen molar-refractivity contribution in [2.45, 2.75) is 12.8 Å². The number of nitrogens with zero attached hydrogens (tertiary/aromatic N) is 2. The van der Waals surface area contributed by atoms with E-state index in [-0.39, 0.29) is 17.0 Å².